The standard InChI is InChI=1S/C20H30N6O.HI/c1-3-22-20(23-14-17(2)25-10-12-27-13-11-25)24-15-18-6-4-5-7-19(18)26-9-8-21-16-26;/h4-9,16-17H,3,10-15H2,1-2H3,(H2,22,23,24);1H. The zero-order chi connectivity index (χ0) is 18.9. The molecule has 2 N–H and O–H groups in total. The number of hydrogen-bond donors (Lipinski definition) is 2. The molecule has 0 radical (unpaired) electrons. The minimum Gasteiger partial charge on any atom is -0.379 e. The maximum absolute atomic E-state index is 5.44. The lowest BCUT2D eigenvalue weighted by Gasteiger charge is -2.32. The van der Waals surface area contributed by atoms with Crippen LogP contribution in [0.2, 0.25) is 0 Å². The molecule has 28 heavy (non-hydrogen) atoms. The van der Waals surface area contributed by atoms with Crippen molar-refractivity contribution in [1.29, 1.82) is 0 Å². The summed E-state index contributed by atoms with van der Waals surface area (Å²) in [6, 6.07) is 8.73. The molecule has 2 aromatic rings. The van der Waals surface area contributed by atoms with Gasteiger partial charge in [0, 0.05) is 44.6 Å². The number of imidazole rings is 1. The largest absolute Gasteiger partial charge is 0.379 e. The average molecular weight is 498 g/mol. The van der Waals surface area contributed by atoms with Gasteiger partial charge in [-0.15, -0.1) is 24.0 Å². The summed E-state index contributed by atoms with van der Waals surface area (Å²) in [4.78, 5) is 11.4. The van der Waals surface area contributed by atoms with Crippen molar-refractivity contribution in [3.8, 4) is 5.69 Å². The van der Waals surface area contributed by atoms with Gasteiger partial charge in [-0.05, 0) is 25.5 Å². The quantitative estimate of drug-likeness (QED) is 0.349. The van der Waals surface area contributed by atoms with E-state index < -0.39 is 0 Å². The van der Waals surface area contributed by atoms with Crippen molar-refractivity contribution in [3.05, 3.63) is 48.5 Å². The zero-order valence-electron chi connectivity index (χ0n) is 16.7. The number of nitrogens with zero attached hydrogens (tertiary/aromatic N) is 4. The third-order valence-electron chi connectivity index (χ3n) is 4.76. The Hall–Kier alpha value is -1.65. The average Bonchev–Trinajstić information content (AvgIpc) is 3.25. The van der Waals surface area contributed by atoms with Crippen LogP contribution in [0.3, 0.4) is 0 Å². The van der Waals surface area contributed by atoms with Gasteiger partial charge in [-0.25, -0.2) is 9.98 Å². The molecule has 0 aliphatic carbocycles. The van der Waals surface area contributed by atoms with Crippen molar-refractivity contribution in [3.63, 3.8) is 0 Å². The number of nitrogens with one attached hydrogen (secondary N) is 2. The highest BCUT2D eigenvalue weighted by molar-refractivity contribution is 14.0. The molecule has 0 spiro atoms. The van der Waals surface area contributed by atoms with Gasteiger partial charge < -0.3 is 19.9 Å². The van der Waals surface area contributed by atoms with Crippen molar-refractivity contribution in [2.24, 2.45) is 4.99 Å². The van der Waals surface area contributed by atoms with E-state index in [1.807, 2.05) is 29.2 Å². The second-order valence-electron chi connectivity index (χ2n) is 6.67. The number of rotatable bonds is 7. The van der Waals surface area contributed by atoms with Crippen LogP contribution in [0.1, 0.15) is 19.4 Å². The third-order valence-corrected chi connectivity index (χ3v) is 4.76. The van der Waals surface area contributed by atoms with Gasteiger partial charge in [-0.1, -0.05) is 18.2 Å². The van der Waals surface area contributed by atoms with E-state index in [2.05, 4.69) is 46.5 Å². The van der Waals surface area contributed by atoms with Gasteiger partial charge in [0.2, 0.25) is 0 Å². The van der Waals surface area contributed by atoms with Crippen LogP contribution < -0.4 is 10.6 Å². The van der Waals surface area contributed by atoms with E-state index in [1.165, 1.54) is 0 Å². The Morgan fingerprint density at radius 1 is 1.25 bits per heavy atom. The first kappa shape index (κ1) is 22.6. The summed E-state index contributed by atoms with van der Waals surface area (Å²) in [5.74, 6) is 0.845. The predicted octanol–water partition coefficient (Wildman–Crippen LogP) is 2.27. The lowest BCUT2D eigenvalue weighted by Crippen LogP contribution is -2.49. The fraction of sp³-hybridized carbons (Fsp3) is 0.500. The fourth-order valence-electron chi connectivity index (χ4n) is 3.20. The maximum Gasteiger partial charge on any atom is 0.191 e. The van der Waals surface area contributed by atoms with Gasteiger partial charge in [0.15, 0.2) is 5.96 Å². The number of morpholine rings is 1. The van der Waals surface area contributed by atoms with E-state index in [0.29, 0.717) is 12.6 Å². The SMILES string of the molecule is CCNC(=NCc1ccccc1-n1ccnc1)NCC(C)N1CCOCC1.I. The van der Waals surface area contributed by atoms with Crippen LogP contribution >= 0.6 is 24.0 Å². The summed E-state index contributed by atoms with van der Waals surface area (Å²) in [5, 5.41) is 6.82. The van der Waals surface area contributed by atoms with Gasteiger partial charge in [-0.3, -0.25) is 4.90 Å². The highest BCUT2D eigenvalue weighted by atomic mass is 127. The first-order valence-corrected chi connectivity index (χ1v) is 9.68. The van der Waals surface area contributed by atoms with Crippen LogP contribution in [0.15, 0.2) is 48.0 Å². The molecule has 1 aromatic heterocycles. The summed E-state index contributed by atoms with van der Waals surface area (Å²) in [6.07, 6.45) is 5.56. The number of hydrogen-bond acceptors (Lipinski definition) is 4. The lowest BCUT2D eigenvalue weighted by atomic mass is 10.2. The molecule has 1 aromatic carbocycles. The molecule has 2 heterocycles. The highest BCUT2D eigenvalue weighted by Gasteiger charge is 2.17. The lowest BCUT2D eigenvalue weighted by molar-refractivity contribution is 0.0211. The first-order valence-electron chi connectivity index (χ1n) is 9.68. The van der Waals surface area contributed by atoms with Crippen LogP contribution in [0.25, 0.3) is 5.69 Å². The van der Waals surface area contributed by atoms with E-state index in [-0.39, 0.29) is 24.0 Å². The molecule has 0 bridgehead atoms. The summed E-state index contributed by atoms with van der Waals surface area (Å²) in [6.45, 7) is 10.3. The van der Waals surface area contributed by atoms with E-state index in [9.17, 15) is 0 Å². The Labute approximate surface area is 184 Å². The van der Waals surface area contributed by atoms with Gasteiger partial charge in [0.05, 0.1) is 31.8 Å². The molecule has 1 saturated heterocycles. The van der Waals surface area contributed by atoms with Crippen molar-refractivity contribution < 1.29 is 4.74 Å². The number of aliphatic imine (C=N–C) groups is 1. The smallest absolute Gasteiger partial charge is 0.191 e. The molecule has 7 nitrogen and oxygen atoms in total. The molecular weight excluding hydrogens is 467 g/mol. The normalized spacial score (nSPS) is 16.3. The molecular formula is C20H31IN6O. The molecule has 154 valence electrons. The van der Waals surface area contributed by atoms with Crippen molar-refractivity contribution in [2.75, 3.05) is 39.4 Å². The second kappa shape index (κ2) is 12.0. The monoisotopic (exact) mass is 498 g/mol. The zero-order valence-corrected chi connectivity index (χ0v) is 19.0. The molecule has 8 heteroatoms. The van der Waals surface area contributed by atoms with E-state index in [0.717, 1.165) is 56.6 Å². The van der Waals surface area contributed by atoms with Crippen molar-refractivity contribution >= 4 is 29.9 Å². The second-order valence-corrected chi connectivity index (χ2v) is 6.67. The van der Waals surface area contributed by atoms with Crippen LogP contribution in [0.4, 0.5) is 0 Å². The van der Waals surface area contributed by atoms with Crippen molar-refractivity contribution in [2.45, 2.75) is 26.4 Å². The molecule has 1 aliphatic heterocycles. The van der Waals surface area contributed by atoms with Gasteiger partial charge in [0.1, 0.15) is 0 Å². The molecule has 3 rings (SSSR count). The Kier molecular flexibility index (Phi) is 9.72. The minimum atomic E-state index is 0. The van der Waals surface area contributed by atoms with Crippen LogP contribution in [0.5, 0.6) is 0 Å². The maximum atomic E-state index is 5.44. The Balaban J connectivity index is 0.00000280. The number of ether oxygens (including phenoxy) is 1. The summed E-state index contributed by atoms with van der Waals surface area (Å²) in [7, 11) is 0. The molecule has 1 aliphatic rings. The van der Waals surface area contributed by atoms with Gasteiger partial charge in [0.25, 0.3) is 0 Å². The number of para-hydroxylation sites is 1. The fourth-order valence-corrected chi connectivity index (χ4v) is 3.20. The summed E-state index contributed by atoms with van der Waals surface area (Å²) in [5.41, 5.74) is 2.27. The molecule has 0 amide bonds. The molecule has 1 unspecified atom stereocenters. The summed E-state index contributed by atoms with van der Waals surface area (Å²) < 4.78 is 7.46. The topological polar surface area (TPSA) is 66.7 Å². The van der Waals surface area contributed by atoms with Gasteiger partial charge >= 0.3 is 0 Å². The number of halogens is 1. The summed E-state index contributed by atoms with van der Waals surface area (Å²) >= 11 is 0. The van der Waals surface area contributed by atoms with Gasteiger partial charge in [-0.2, -0.15) is 0 Å². The third kappa shape index (κ3) is 6.46. The minimum absolute atomic E-state index is 0. The molecule has 1 atom stereocenters. The number of benzene rings is 1. The highest BCUT2D eigenvalue weighted by Crippen LogP contribution is 2.15. The Bertz CT molecular complexity index is 715. The van der Waals surface area contributed by atoms with Crippen LogP contribution in [0, 0.1) is 0 Å². The van der Waals surface area contributed by atoms with Crippen LogP contribution in [-0.4, -0.2) is 65.8 Å². The van der Waals surface area contributed by atoms with E-state index >= 15 is 0 Å². The molecule has 1 fully saturated rings. The Morgan fingerprint density at radius 2 is 2.04 bits per heavy atom. The van der Waals surface area contributed by atoms with E-state index in [1.54, 1.807) is 6.20 Å². The number of aromatic nitrogens is 2. The van der Waals surface area contributed by atoms with Crippen molar-refractivity contribution in [1.82, 2.24) is 25.1 Å². The first-order chi connectivity index (χ1) is 13.3. The Morgan fingerprint density at radius 3 is 2.75 bits per heavy atom. The van der Waals surface area contributed by atoms with Crippen LogP contribution in [-0.2, 0) is 11.3 Å². The number of guanidine groups is 1. The predicted molar refractivity (Wildman–Crippen MR) is 124 cm³/mol. The molecule has 0 saturated carbocycles. The van der Waals surface area contributed by atoms with E-state index in [4.69, 9.17) is 9.73 Å².